The number of hydrogen-bond donors (Lipinski definition) is 0. The molecule has 0 heterocycles. The topological polar surface area (TPSA) is 0 Å². The van der Waals surface area contributed by atoms with Crippen LogP contribution in [-0.4, -0.2) is 6.88 Å². The third-order valence-electron chi connectivity index (χ3n) is 9.89. The molecule has 0 spiro atoms. The first-order valence-corrected chi connectivity index (χ1v) is 22.1. The molecule has 2 atom stereocenters. The van der Waals surface area contributed by atoms with Crippen LogP contribution in [0.2, 0.25) is 0 Å². The van der Waals surface area contributed by atoms with Crippen LogP contribution >= 0.6 is 24.8 Å². The third-order valence-corrected chi connectivity index (χ3v) is 9.89. The van der Waals surface area contributed by atoms with Gasteiger partial charge in [-0.05, 0) is 71.9 Å². The number of hydrogen-bond acceptors (Lipinski definition) is 0. The number of fused-ring (bicyclic) bond motifs is 2. The number of rotatable bonds is 6. The van der Waals surface area contributed by atoms with E-state index in [-0.39, 0.29) is 63.1 Å². The van der Waals surface area contributed by atoms with Crippen LogP contribution in [0.4, 0.5) is 8.78 Å². The Labute approximate surface area is 363 Å². The van der Waals surface area contributed by atoms with E-state index in [9.17, 15) is 8.78 Å². The summed E-state index contributed by atoms with van der Waals surface area (Å²) < 4.78 is 29.6. The SMILES string of the molecule is CCC1=[C-]C2=CC=CCC(c3ccc(-c4ccccc4)c(F)c3)C2=C1.CCC1=[C-]C2=CC=CCC(c3ccc(-c4ccccc4)c(F)c3)C2=C1.Cl.Cl.[CH3-].[CH3-].[Si]=[Zr]. The molecule has 0 aliphatic heterocycles. The van der Waals surface area contributed by atoms with Crippen molar-refractivity contribution in [2.75, 3.05) is 0 Å². The maximum absolute atomic E-state index is 14.8. The van der Waals surface area contributed by atoms with E-state index in [1.165, 1.54) is 45.6 Å². The second-order valence-electron chi connectivity index (χ2n) is 13.0. The number of benzene rings is 4. The normalized spacial score (nSPS) is 17.0. The number of allylic oxidation sites excluding steroid dienone is 16. The van der Waals surface area contributed by atoms with Crippen LogP contribution in [0.25, 0.3) is 22.3 Å². The van der Waals surface area contributed by atoms with E-state index in [1.807, 2.05) is 72.8 Å². The van der Waals surface area contributed by atoms with Gasteiger partial charge in [-0.3, -0.25) is 0 Å². The van der Waals surface area contributed by atoms with Gasteiger partial charge in [-0.25, -0.2) is 8.78 Å². The first-order valence-electron chi connectivity index (χ1n) is 17.9. The first-order chi connectivity index (χ1) is 25.5. The quantitative estimate of drug-likeness (QED) is 0.134. The molecule has 0 fully saturated rings. The summed E-state index contributed by atoms with van der Waals surface area (Å²) >= 11 is 1.36. The van der Waals surface area contributed by atoms with Crippen molar-refractivity contribution in [1.29, 1.82) is 0 Å². The molecule has 2 unspecified atom stereocenters. The van der Waals surface area contributed by atoms with Crippen LogP contribution in [0.5, 0.6) is 0 Å². The van der Waals surface area contributed by atoms with Crippen molar-refractivity contribution in [3.63, 3.8) is 0 Å². The van der Waals surface area contributed by atoms with Crippen LogP contribution < -0.4 is 0 Å². The summed E-state index contributed by atoms with van der Waals surface area (Å²) in [4.78, 5) is 0. The molecule has 0 saturated carbocycles. The molecule has 0 N–H and O–H groups in total. The van der Waals surface area contributed by atoms with Crippen molar-refractivity contribution in [3.8, 4) is 22.3 Å². The van der Waals surface area contributed by atoms with Crippen molar-refractivity contribution in [1.82, 2.24) is 0 Å². The van der Waals surface area contributed by atoms with Gasteiger partial charge in [0.1, 0.15) is 11.6 Å². The van der Waals surface area contributed by atoms with E-state index in [0.29, 0.717) is 11.1 Å². The Hall–Kier alpha value is -3.66. The van der Waals surface area contributed by atoms with Gasteiger partial charge in [0.25, 0.3) is 0 Å². The second-order valence-corrected chi connectivity index (χ2v) is 13.0. The van der Waals surface area contributed by atoms with Crippen molar-refractivity contribution < 1.29 is 32.1 Å². The fourth-order valence-corrected chi connectivity index (χ4v) is 7.17. The summed E-state index contributed by atoms with van der Waals surface area (Å²) in [5.74, 6) is 0.0455. The molecule has 4 aliphatic carbocycles. The van der Waals surface area contributed by atoms with Crippen LogP contribution in [0.3, 0.4) is 0 Å². The van der Waals surface area contributed by atoms with Gasteiger partial charge in [0.15, 0.2) is 0 Å². The molecule has 6 heteroatoms. The summed E-state index contributed by atoms with van der Waals surface area (Å²) in [5, 5.41) is 0. The Morgan fingerprint density at radius 2 is 0.964 bits per heavy atom. The van der Waals surface area contributed by atoms with E-state index in [2.05, 4.69) is 93.6 Å². The molecule has 288 valence electrons. The van der Waals surface area contributed by atoms with Crippen LogP contribution in [0.1, 0.15) is 62.5 Å². The molecule has 4 aliphatic rings. The van der Waals surface area contributed by atoms with Gasteiger partial charge in [0.05, 0.1) is 0 Å². The zero-order valence-electron chi connectivity index (χ0n) is 32.4. The molecule has 56 heavy (non-hydrogen) atoms. The molecule has 0 nitrogen and oxygen atoms in total. The van der Waals surface area contributed by atoms with E-state index in [4.69, 9.17) is 0 Å². The molecule has 0 bridgehead atoms. The Balaban J connectivity index is 0.000000347. The minimum atomic E-state index is -0.159. The zero-order chi connectivity index (χ0) is 36.5. The molecule has 4 aromatic carbocycles. The summed E-state index contributed by atoms with van der Waals surface area (Å²) in [6.45, 7) is 7.35. The van der Waals surface area contributed by atoms with Crippen molar-refractivity contribution in [3.05, 3.63) is 229 Å². The summed E-state index contributed by atoms with van der Waals surface area (Å²) in [5.41, 5.74) is 12.4. The first kappa shape index (κ1) is 48.5. The maximum atomic E-state index is 14.8. The predicted octanol–water partition coefficient (Wildman–Crippen LogP) is 14.4. The fraction of sp³-hybridized carbons (Fsp3) is 0.160. The van der Waals surface area contributed by atoms with Crippen LogP contribution in [-0.2, 0) is 23.3 Å². The summed E-state index contributed by atoms with van der Waals surface area (Å²) in [6.07, 6.45) is 27.8. The van der Waals surface area contributed by atoms with Gasteiger partial charge in [-0.15, -0.1) is 72.4 Å². The Kier molecular flexibility index (Phi) is 20.4. The van der Waals surface area contributed by atoms with Crippen LogP contribution in [0.15, 0.2) is 179 Å². The molecular weight excluding hydrogens is 829 g/mol. The van der Waals surface area contributed by atoms with Crippen molar-refractivity contribution in [2.24, 2.45) is 0 Å². The molecule has 0 aromatic heterocycles. The van der Waals surface area contributed by atoms with Crippen LogP contribution in [0, 0.1) is 38.6 Å². The fourth-order valence-electron chi connectivity index (χ4n) is 7.17. The standard InChI is InChI=1S/2C24H20F.2CH3.2ClH.Si.Zr/c2*1-2-17-14-19-10-6-7-11-21(23(19)15-17)20-12-13-22(24(25)16-20)18-8-4-3-5-9-18;;;;;;/h2*3-10,12-13,15-16,21H,2,11H2,1H3;2*1H3;2*1H;;/q4*-1;;;;. The van der Waals surface area contributed by atoms with Gasteiger partial charge in [0.2, 0.25) is 0 Å². The van der Waals surface area contributed by atoms with Gasteiger partial charge in [0, 0.05) is 11.1 Å². The Morgan fingerprint density at radius 3 is 1.30 bits per heavy atom. The van der Waals surface area contributed by atoms with Gasteiger partial charge >= 0.3 is 30.2 Å². The average Bonchev–Trinajstić information content (AvgIpc) is 3.67. The third kappa shape index (κ3) is 11.3. The molecule has 4 aromatic rings. The summed E-state index contributed by atoms with van der Waals surface area (Å²) in [7, 11) is 0. The Morgan fingerprint density at radius 1 is 0.589 bits per heavy atom. The summed E-state index contributed by atoms with van der Waals surface area (Å²) in [6, 6.07) is 30.8. The van der Waals surface area contributed by atoms with E-state index < -0.39 is 0 Å². The van der Waals surface area contributed by atoms with Gasteiger partial charge in [-0.2, -0.15) is 34.4 Å². The van der Waals surface area contributed by atoms with E-state index in [1.54, 1.807) is 12.1 Å². The number of halogens is 4. The monoisotopic (exact) mass is 874 g/mol. The molecule has 0 saturated heterocycles. The zero-order valence-corrected chi connectivity index (χ0v) is 37.5. The molecule has 2 radical (unpaired) electrons. The van der Waals surface area contributed by atoms with Crippen molar-refractivity contribution in [2.45, 2.75) is 51.4 Å². The molecule has 0 amide bonds. The second kappa shape index (κ2) is 23.5. The van der Waals surface area contributed by atoms with Gasteiger partial charge < -0.3 is 14.9 Å². The van der Waals surface area contributed by atoms with Gasteiger partial charge in [-0.1, -0.05) is 111 Å². The van der Waals surface area contributed by atoms with E-state index in [0.717, 1.165) is 59.1 Å². The average molecular weight is 877 g/mol. The molecular formula is C50H48Cl2F2SiZr-4. The predicted molar refractivity (Wildman–Crippen MR) is 236 cm³/mol. The van der Waals surface area contributed by atoms with E-state index >= 15 is 0 Å². The van der Waals surface area contributed by atoms with Crippen molar-refractivity contribution >= 4 is 31.7 Å². The Bertz CT molecular complexity index is 2020. The molecule has 8 rings (SSSR count). The minimum absolute atomic E-state index is 0.